The van der Waals surface area contributed by atoms with Gasteiger partial charge >= 0.3 is 0 Å². The van der Waals surface area contributed by atoms with Gasteiger partial charge in [0.05, 0.1) is 23.0 Å². The largest absolute Gasteiger partial charge is 0.384 e. The number of aromatic nitrogens is 2. The summed E-state index contributed by atoms with van der Waals surface area (Å²) in [7, 11) is 0. The first-order valence-corrected chi connectivity index (χ1v) is 14.4. The number of ether oxygens (including phenoxy) is 2. The van der Waals surface area contributed by atoms with Crippen molar-refractivity contribution in [3.8, 4) is 11.1 Å². The maximum atomic E-state index is 6.60. The van der Waals surface area contributed by atoms with Gasteiger partial charge in [-0.2, -0.15) is 0 Å². The first-order valence-electron chi connectivity index (χ1n) is 13.6. The zero-order valence-corrected chi connectivity index (χ0v) is 22.5. The van der Waals surface area contributed by atoms with Crippen LogP contribution in [0, 0.1) is 11.8 Å². The highest BCUT2D eigenvalue weighted by Gasteiger charge is 2.24. The summed E-state index contributed by atoms with van der Waals surface area (Å²) in [6, 6.07) is 4.78. The second-order valence-electron chi connectivity index (χ2n) is 10.6. The number of nitrogens with zero attached hydrogens (tertiary/aromatic N) is 2. The van der Waals surface area contributed by atoms with Crippen LogP contribution < -0.4 is 10.6 Å². The highest BCUT2D eigenvalue weighted by Crippen LogP contribution is 2.35. The number of nitrogens with one attached hydrogen (secondary N) is 2. The summed E-state index contributed by atoms with van der Waals surface area (Å²) in [6.45, 7) is 4.52. The van der Waals surface area contributed by atoms with E-state index in [1.54, 1.807) is 12.4 Å². The van der Waals surface area contributed by atoms with Gasteiger partial charge in [0.25, 0.3) is 0 Å². The molecule has 6 nitrogen and oxygen atoms in total. The second kappa shape index (κ2) is 12.9. The Morgan fingerprint density at radius 1 is 0.833 bits per heavy atom. The average molecular weight is 534 g/mol. The molecular formula is C28H38Cl2N4O2. The molecule has 0 unspecified atom stereocenters. The minimum Gasteiger partial charge on any atom is -0.384 e. The van der Waals surface area contributed by atoms with Crippen LogP contribution in [0.15, 0.2) is 24.5 Å². The lowest BCUT2D eigenvalue weighted by Crippen LogP contribution is -2.38. The van der Waals surface area contributed by atoms with Gasteiger partial charge in [0.15, 0.2) is 0 Å². The fraction of sp³-hybridized carbons (Fsp3) is 0.643. The van der Waals surface area contributed by atoms with Gasteiger partial charge in [-0.3, -0.25) is 4.98 Å². The van der Waals surface area contributed by atoms with Crippen LogP contribution in [-0.4, -0.2) is 55.0 Å². The Balaban J connectivity index is 1.18. The molecule has 2 aromatic heterocycles. The van der Waals surface area contributed by atoms with E-state index in [1.807, 2.05) is 0 Å². The molecule has 1 saturated carbocycles. The van der Waals surface area contributed by atoms with Gasteiger partial charge in [0, 0.05) is 62.0 Å². The molecule has 2 aromatic rings. The average Bonchev–Trinajstić information content (AvgIpc) is 3.43. The Morgan fingerprint density at radius 3 is 2.44 bits per heavy atom. The molecule has 3 aliphatic rings. The van der Waals surface area contributed by atoms with Gasteiger partial charge in [-0.1, -0.05) is 23.2 Å². The second-order valence-corrected chi connectivity index (χ2v) is 11.4. The van der Waals surface area contributed by atoms with Gasteiger partial charge in [0.2, 0.25) is 0 Å². The fourth-order valence-electron chi connectivity index (χ4n) is 5.72. The predicted octanol–water partition coefficient (Wildman–Crippen LogP) is 6.16. The van der Waals surface area contributed by atoms with Crippen molar-refractivity contribution in [2.75, 3.05) is 38.2 Å². The quantitative estimate of drug-likeness (QED) is 0.377. The summed E-state index contributed by atoms with van der Waals surface area (Å²) < 4.78 is 11.2. The van der Waals surface area contributed by atoms with Gasteiger partial charge in [-0.25, -0.2) is 4.98 Å². The molecule has 3 fully saturated rings. The fourth-order valence-corrected chi connectivity index (χ4v) is 6.13. The third-order valence-corrected chi connectivity index (χ3v) is 8.58. The maximum absolute atomic E-state index is 6.60. The van der Waals surface area contributed by atoms with Crippen LogP contribution in [0.2, 0.25) is 10.2 Å². The number of hydrogen-bond acceptors (Lipinski definition) is 6. The molecular weight excluding hydrogens is 495 g/mol. The van der Waals surface area contributed by atoms with Gasteiger partial charge in [-0.15, -0.1) is 0 Å². The van der Waals surface area contributed by atoms with Crippen molar-refractivity contribution >= 4 is 28.9 Å². The molecule has 2 aliphatic heterocycles. The summed E-state index contributed by atoms with van der Waals surface area (Å²) in [5, 5.41) is 8.34. The lowest BCUT2D eigenvalue weighted by molar-refractivity contribution is 0.0699. The lowest BCUT2D eigenvalue weighted by Gasteiger charge is -2.30. The van der Waals surface area contributed by atoms with E-state index >= 15 is 0 Å². The first-order chi connectivity index (χ1) is 17.6. The van der Waals surface area contributed by atoms with Crippen molar-refractivity contribution in [3.05, 3.63) is 40.4 Å². The molecule has 0 spiro atoms. The Morgan fingerprint density at radius 2 is 1.67 bits per heavy atom. The number of halogens is 2. The Labute approximate surface area is 224 Å². The molecule has 36 heavy (non-hydrogen) atoms. The SMILES string of the molecule is Clc1cnc(CC2CCC(NC[C@H]3CCCO3)CC2)cc1-c1cc(NCC2CCOCC2)cnc1Cl. The lowest BCUT2D eigenvalue weighted by atomic mass is 9.83. The number of anilines is 1. The van der Waals surface area contributed by atoms with Gasteiger partial charge in [0.1, 0.15) is 5.15 Å². The number of rotatable bonds is 9. The van der Waals surface area contributed by atoms with Crippen molar-refractivity contribution in [2.24, 2.45) is 11.8 Å². The highest BCUT2D eigenvalue weighted by molar-refractivity contribution is 6.35. The normalized spacial score (nSPS) is 25.2. The minimum absolute atomic E-state index is 0.413. The van der Waals surface area contributed by atoms with Crippen LogP contribution in [0.25, 0.3) is 11.1 Å². The van der Waals surface area contributed by atoms with E-state index in [2.05, 4.69) is 32.7 Å². The molecule has 1 aliphatic carbocycles. The molecule has 196 valence electrons. The smallest absolute Gasteiger partial charge is 0.137 e. The molecule has 8 heteroatoms. The topological polar surface area (TPSA) is 68.3 Å². The van der Waals surface area contributed by atoms with Crippen LogP contribution in [0.1, 0.15) is 57.1 Å². The zero-order valence-electron chi connectivity index (χ0n) is 21.0. The third-order valence-electron chi connectivity index (χ3n) is 7.98. The van der Waals surface area contributed by atoms with E-state index < -0.39 is 0 Å². The van der Waals surface area contributed by atoms with E-state index in [0.717, 1.165) is 74.7 Å². The van der Waals surface area contributed by atoms with E-state index in [-0.39, 0.29) is 0 Å². The summed E-state index contributed by atoms with van der Waals surface area (Å²) >= 11 is 13.1. The number of hydrogen-bond donors (Lipinski definition) is 2. The molecule has 0 aromatic carbocycles. The van der Waals surface area contributed by atoms with Crippen molar-refractivity contribution in [1.29, 1.82) is 0 Å². The van der Waals surface area contributed by atoms with Gasteiger partial charge in [-0.05, 0) is 81.8 Å². The van der Waals surface area contributed by atoms with Crippen molar-refractivity contribution < 1.29 is 9.47 Å². The molecule has 0 bridgehead atoms. The Bertz CT molecular complexity index is 988. The minimum atomic E-state index is 0.413. The van der Waals surface area contributed by atoms with Crippen LogP contribution in [0.4, 0.5) is 5.69 Å². The molecule has 4 heterocycles. The van der Waals surface area contributed by atoms with Crippen LogP contribution in [-0.2, 0) is 15.9 Å². The van der Waals surface area contributed by atoms with Crippen LogP contribution >= 0.6 is 23.2 Å². The van der Waals surface area contributed by atoms with Crippen LogP contribution in [0.5, 0.6) is 0 Å². The molecule has 0 radical (unpaired) electrons. The van der Waals surface area contributed by atoms with Crippen molar-refractivity contribution in [2.45, 2.75) is 69.9 Å². The zero-order chi connectivity index (χ0) is 24.7. The Kier molecular flexibility index (Phi) is 9.37. The summed E-state index contributed by atoms with van der Waals surface area (Å²) in [4.78, 5) is 9.10. The predicted molar refractivity (Wildman–Crippen MR) is 146 cm³/mol. The highest BCUT2D eigenvalue weighted by atomic mass is 35.5. The van der Waals surface area contributed by atoms with E-state index in [4.69, 9.17) is 32.7 Å². The molecule has 5 rings (SSSR count). The van der Waals surface area contributed by atoms with Crippen molar-refractivity contribution in [3.63, 3.8) is 0 Å². The molecule has 0 amide bonds. The number of pyridine rings is 2. The molecule has 2 N–H and O–H groups in total. The first kappa shape index (κ1) is 26.2. The summed E-state index contributed by atoms with van der Waals surface area (Å²) in [5.41, 5.74) is 3.79. The molecule has 1 atom stereocenters. The van der Waals surface area contributed by atoms with Crippen molar-refractivity contribution in [1.82, 2.24) is 15.3 Å². The summed E-state index contributed by atoms with van der Waals surface area (Å²) in [6.07, 6.45) is 14.4. The Hall–Kier alpha value is -1.44. The van der Waals surface area contributed by atoms with E-state index in [1.165, 1.54) is 38.5 Å². The van der Waals surface area contributed by atoms with Gasteiger partial charge < -0.3 is 20.1 Å². The summed E-state index contributed by atoms with van der Waals surface area (Å²) in [5.74, 6) is 1.27. The third kappa shape index (κ3) is 7.11. The van der Waals surface area contributed by atoms with Crippen LogP contribution in [0.3, 0.4) is 0 Å². The van der Waals surface area contributed by atoms with E-state index in [9.17, 15) is 0 Å². The maximum Gasteiger partial charge on any atom is 0.137 e. The monoisotopic (exact) mass is 532 g/mol. The standard InChI is InChI=1S/C28H38Cl2N4O2/c29-27-18-33-22(12-19-3-5-21(6-4-19)32-17-24-2-1-9-36-24)13-25(27)26-14-23(16-34-28(26)30)31-15-20-7-10-35-11-8-20/h13-14,16,18-21,24,31-32H,1-12,15,17H2/t19?,21?,24-/m1/s1. The molecule has 2 saturated heterocycles. The van der Waals surface area contributed by atoms with E-state index in [0.29, 0.717) is 34.2 Å².